The topological polar surface area (TPSA) is 62.3 Å². The number of benzene rings is 1. The van der Waals surface area contributed by atoms with E-state index in [-0.39, 0.29) is 36.0 Å². The largest absolute Gasteiger partial charge is 0.466 e. The Bertz CT molecular complexity index is 1070. The fraction of sp³-hybridized carbons (Fsp3) is 0.571. The summed E-state index contributed by atoms with van der Waals surface area (Å²) in [6.07, 6.45) is -0.0717. The van der Waals surface area contributed by atoms with Crippen LogP contribution in [0, 0.1) is 0 Å². The van der Waals surface area contributed by atoms with Crippen LogP contribution < -0.4 is 0 Å². The lowest BCUT2D eigenvalue weighted by atomic mass is 9.78. The molecule has 2 heterocycles. The molecule has 7 nitrogen and oxygen atoms in total. The van der Waals surface area contributed by atoms with E-state index in [1.54, 1.807) is 0 Å². The van der Waals surface area contributed by atoms with Crippen molar-refractivity contribution in [3.8, 4) is 0 Å². The van der Waals surface area contributed by atoms with Crippen molar-refractivity contribution in [2.75, 3.05) is 61.5 Å². The van der Waals surface area contributed by atoms with Gasteiger partial charge in [0.1, 0.15) is 0 Å². The summed E-state index contributed by atoms with van der Waals surface area (Å²) >= 11 is 0. The Morgan fingerprint density at radius 1 is 0.900 bits per heavy atom. The molecule has 1 aromatic carbocycles. The van der Waals surface area contributed by atoms with Crippen molar-refractivity contribution in [1.29, 1.82) is 0 Å². The number of esters is 2. The molecule has 0 spiro atoms. The van der Waals surface area contributed by atoms with E-state index >= 15 is 0 Å². The smallest absolute Gasteiger partial charge is 0.416 e. The van der Waals surface area contributed by atoms with E-state index in [0.29, 0.717) is 42.9 Å². The molecule has 1 atom stereocenters. The minimum absolute atomic E-state index is 0. The number of piperidine rings is 1. The lowest BCUT2D eigenvalue weighted by Gasteiger charge is -2.39. The molecule has 0 radical (unpaired) electrons. The number of ether oxygens (including phenoxy) is 2. The highest BCUT2D eigenvalue weighted by Crippen LogP contribution is 2.45. The average Bonchev–Trinajstić information content (AvgIpc) is 2.90. The van der Waals surface area contributed by atoms with E-state index in [4.69, 9.17) is 9.47 Å². The lowest BCUT2D eigenvalue weighted by molar-refractivity contribution is -0.139. The van der Waals surface area contributed by atoms with E-state index < -0.39 is 29.6 Å². The molecule has 0 aromatic heterocycles. The van der Waals surface area contributed by atoms with Crippen molar-refractivity contribution in [3.05, 3.63) is 57.9 Å². The van der Waals surface area contributed by atoms with E-state index in [1.807, 2.05) is 30.9 Å². The van der Waals surface area contributed by atoms with Crippen LogP contribution in [0.5, 0.6) is 0 Å². The van der Waals surface area contributed by atoms with Crippen molar-refractivity contribution in [3.63, 3.8) is 0 Å². The molecule has 1 fully saturated rings. The van der Waals surface area contributed by atoms with Gasteiger partial charge in [0, 0.05) is 44.4 Å². The molecule has 0 bridgehead atoms. The minimum atomic E-state index is -4.51. The van der Waals surface area contributed by atoms with Crippen molar-refractivity contribution in [2.24, 2.45) is 0 Å². The molecular weight excluding hydrogens is 570 g/mol. The quantitative estimate of drug-likeness (QED) is 0.354. The van der Waals surface area contributed by atoms with Gasteiger partial charge in [-0.1, -0.05) is 18.6 Å². The number of hydrogen-bond donors (Lipinski definition) is 0. The third-order valence-electron chi connectivity index (χ3n) is 7.30. The van der Waals surface area contributed by atoms with Crippen molar-refractivity contribution >= 4 is 36.8 Å². The number of alkyl halides is 3. The van der Waals surface area contributed by atoms with Gasteiger partial charge in [0.05, 0.1) is 36.8 Å². The molecule has 2 aliphatic rings. The van der Waals surface area contributed by atoms with Gasteiger partial charge < -0.3 is 24.2 Å². The molecule has 1 unspecified atom stereocenters. The van der Waals surface area contributed by atoms with Gasteiger partial charge in [-0.15, -0.1) is 24.8 Å². The normalized spacial score (nSPS) is 18.3. The Morgan fingerprint density at radius 2 is 1.40 bits per heavy atom. The molecule has 40 heavy (non-hydrogen) atoms. The van der Waals surface area contributed by atoms with Gasteiger partial charge in [-0.25, -0.2) is 9.59 Å². The maximum atomic E-state index is 13.3. The van der Waals surface area contributed by atoms with Crippen LogP contribution in [0.2, 0.25) is 0 Å². The predicted molar refractivity (Wildman–Crippen MR) is 153 cm³/mol. The fourth-order valence-electron chi connectivity index (χ4n) is 5.27. The zero-order valence-corrected chi connectivity index (χ0v) is 25.3. The molecule has 12 heteroatoms. The number of methoxy groups -OCH3 is 2. The highest BCUT2D eigenvalue weighted by Gasteiger charge is 2.42. The highest BCUT2D eigenvalue weighted by atomic mass is 35.5. The van der Waals surface area contributed by atoms with Crippen LogP contribution in [0.25, 0.3) is 0 Å². The molecule has 0 amide bonds. The number of nitrogens with zero attached hydrogens (tertiary/aromatic N) is 3. The maximum Gasteiger partial charge on any atom is 0.416 e. The first kappa shape index (κ1) is 35.8. The first-order chi connectivity index (χ1) is 18.0. The number of likely N-dealkylation sites (tertiary alicyclic amines) is 1. The first-order valence-electron chi connectivity index (χ1n) is 12.9. The third-order valence-corrected chi connectivity index (χ3v) is 7.30. The van der Waals surface area contributed by atoms with Crippen molar-refractivity contribution < 1.29 is 32.2 Å². The standard InChI is InChI=1S/C28H38F3N3O4.2ClH/c1-32(2)17-13-21-24(26(35)37-4)23(19-9-11-20(12-10-19)28(29,30)31)25(27(36)38-5)22(33(21)3)14-18-34-15-7-6-8-16-34;;/h9-12,23H,6-8,13-18H2,1-5H3;2*1H. The van der Waals surface area contributed by atoms with Gasteiger partial charge in [0.15, 0.2) is 0 Å². The summed E-state index contributed by atoms with van der Waals surface area (Å²) in [5.74, 6) is -2.18. The third kappa shape index (κ3) is 8.38. The van der Waals surface area contributed by atoms with Crippen molar-refractivity contribution in [2.45, 2.75) is 44.2 Å². The first-order valence-corrected chi connectivity index (χ1v) is 12.9. The summed E-state index contributed by atoms with van der Waals surface area (Å²) in [7, 11) is 8.19. The molecule has 1 saturated heterocycles. The van der Waals surface area contributed by atoms with E-state index in [1.165, 1.54) is 32.8 Å². The van der Waals surface area contributed by atoms with Crippen LogP contribution in [-0.2, 0) is 25.2 Å². The summed E-state index contributed by atoms with van der Waals surface area (Å²) in [6, 6.07) is 4.61. The SMILES string of the molecule is COC(=O)C1=C(CCN(C)C)N(C)C(CCN2CCCCC2)=C(C(=O)OC)C1c1ccc(C(F)(F)F)cc1.Cl.Cl. The Hall–Kier alpha value is -2.27. The molecule has 2 aliphatic heterocycles. The second-order valence-corrected chi connectivity index (χ2v) is 10.0. The monoisotopic (exact) mass is 609 g/mol. The zero-order valence-electron chi connectivity index (χ0n) is 23.7. The molecule has 0 N–H and O–H groups in total. The maximum absolute atomic E-state index is 13.3. The molecule has 0 saturated carbocycles. The van der Waals surface area contributed by atoms with Crippen LogP contribution in [0.4, 0.5) is 13.2 Å². The van der Waals surface area contributed by atoms with Gasteiger partial charge in [-0.2, -0.15) is 13.2 Å². The number of hydrogen-bond acceptors (Lipinski definition) is 7. The number of carbonyl (C=O) groups is 2. The molecule has 3 rings (SSSR count). The Morgan fingerprint density at radius 3 is 1.85 bits per heavy atom. The van der Waals surface area contributed by atoms with E-state index in [2.05, 4.69) is 4.90 Å². The summed E-state index contributed by atoms with van der Waals surface area (Å²) in [5, 5.41) is 0. The summed E-state index contributed by atoms with van der Waals surface area (Å²) in [4.78, 5) is 32.8. The van der Waals surface area contributed by atoms with Crippen LogP contribution >= 0.6 is 24.8 Å². The van der Waals surface area contributed by atoms with Crippen LogP contribution in [0.15, 0.2) is 46.8 Å². The summed E-state index contributed by atoms with van der Waals surface area (Å²) in [6.45, 7) is 3.29. The molecule has 1 aromatic rings. The second-order valence-electron chi connectivity index (χ2n) is 10.0. The number of carbonyl (C=O) groups excluding carboxylic acids is 2. The molecule has 226 valence electrons. The van der Waals surface area contributed by atoms with Gasteiger partial charge in [0.25, 0.3) is 0 Å². The fourth-order valence-corrected chi connectivity index (χ4v) is 5.27. The Labute approximate surface area is 247 Å². The number of rotatable bonds is 9. The Balaban J connectivity index is 0.00000400. The van der Waals surface area contributed by atoms with E-state index in [9.17, 15) is 22.8 Å². The van der Waals surface area contributed by atoms with Gasteiger partial charge in [0.2, 0.25) is 0 Å². The van der Waals surface area contributed by atoms with Crippen LogP contribution in [-0.4, -0.2) is 88.2 Å². The highest BCUT2D eigenvalue weighted by molar-refractivity contribution is 6.00. The lowest BCUT2D eigenvalue weighted by Crippen LogP contribution is -2.38. The zero-order chi connectivity index (χ0) is 28.0. The predicted octanol–water partition coefficient (Wildman–Crippen LogP) is 5.26. The van der Waals surface area contributed by atoms with Gasteiger partial charge in [-0.05, 0) is 57.7 Å². The molecular formula is C28H40Cl2F3N3O4. The van der Waals surface area contributed by atoms with Crippen LogP contribution in [0.3, 0.4) is 0 Å². The van der Waals surface area contributed by atoms with Gasteiger partial charge >= 0.3 is 18.1 Å². The van der Waals surface area contributed by atoms with Crippen LogP contribution in [0.1, 0.15) is 49.1 Å². The minimum Gasteiger partial charge on any atom is -0.466 e. The summed E-state index contributed by atoms with van der Waals surface area (Å²) in [5.41, 5.74) is 1.45. The second kappa shape index (κ2) is 15.7. The molecule has 0 aliphatic carbocycles. The van der Waals surface area contributed by atoms with E-state index in [0.717, 1.165) is 38.1 Å². The van der Waals surface area contributed by atoms with Crippen molar-refractivity contribution in [1.82, 2.24) is 14.7 Å². The number of halogens is 5. The summed E-state index contributed by atoms with van der Waals surface area (Å²) < 4.78 is 50.3. The Kier molecular flexibility index (Phi) is 14.0. The van der Waals surface area contributed by atoms with Gasteiger partial charge in [-0.3, -0.25) is 0 Å². The average molecular weight is 611 g/mol.